The molecule has 2 aromatic carbocycles. The predicted octanol–water partition coefficient (Wildman–Crippen LogP) is 4.52. The van der Waals surface area contributed by atoms with Crippen molar-refractivity contribution in [3.05, 3.63) is 66.7 Å². The maximum atomic E-state index is 13.1. The van der Waals surface area contributed by atoms with E-state index >= 15 is 0 Å². The highest BCUT2D eigenvalue weighted by Crippen LogP contribution is 2.31. The van der Waals surface area contributed by atoms with Crippen LogP contribution in [-0.2, 0) is 21.2 Å². The molecule has 9 nitrogen and oxygen atoms in total. The first-order chi connectivity index (χ1) is 17.7. The molecule has 1 fully saturated rings. The van der Waals surface area contributed by atoms with E-state index in [1.165, 1.54) is 42.7 Å². The van der Waals surface area contributed by atoms with Gasteiger partial charge < -0.3 is 10.1 Å². The topological polar surface area (TPSA) is 116 Å². The van der Waals surface area contributed by atoms with Crippen LogP contribution >= 0.6 is 0 Å². The molecule has 1 saturated carbocycles. The van der Waals surface area contributed by atoms with Gasteiger partial charge in [0.25, 0.3) is 0 Å². The highest BCUT2D eigenvalue weighted by Gasteiger charge is 2.28. The Morgan fingerprint density at radius 3 is 2.43 bits per heavy atom. The Morgan fingerprint density at radius 1 is 1.05 bits per heavy atom. The van der Waals surface area contributed by atoms with Crippen molar-refractivity contribution < 1.29 is 22.3 Å². The number of fused-ring (bicyclic) bond motifs is 1. The molecule has 1 aliphatic rings. The van der Waals surface area contributed by atoms with E-state index in [1.54, 1.807) is 24.5 Å². The molecule has 0 saturated heterocycles. The first-order valence-electron chi connectivity index (χ1n) is 12.0. The Morgan fingerprint density at radius 2 is 1.76 bits per heavy atom. The fourth-order valence-electron chi connectivity index (χ4n) is 4.50. The Labute approximate surface area is 213 Å². The van der Waals surface area contributed by atoms with E-state index < -0.39 is 9.84 Å². The van der Waals surface area contributed by atoms with Gasteiger partial charge in [-0.1, -0.05) is 0 Å². The molecule has 0 spiro atoms. The van der Waals surface area contributed by atoms with Gasteiger partial charge in [0, 0.05) is 24.7 Å². The van der Waals surface area contributed by atoms with Crippen LogP contribution in [0.4, 0.5) is 16.0 Å². The van der Waals surface area contributed by atoms with Crippen LogP contribution in [0.15, 0.2) is 65.8 Å². The summed E-state index contributed by atoms with van der Waals surface area (Å²) in [5, 5.41) is 8.41. The highest BCUT2D eigenvalue weighted by atomic mass is 32.2. The largest absolute Gasteiger partial charge is 0.426 e. The molecule has 192 valence electrons. The number of nitrogens with one attached hydrogen (secondary N) is 1. The molecule has 1 aliphatic carbocycles. The number of nitrogens with zero attached hydrogens (tertiary/aromatic N) is 4. The van der Waals surface area contributed by atoms with Gasteiger partial charge in [-0.2, -0.15) is 10.1 Å². The summed E-state index contributed by atoms with van der Waals surface area (Å²) in [6.45, 7) is 0.669. The molecule has 0 atom stereocenters. The summed E-state index contributed by atoms with van der Waals surface area (Å²) in [6, 6.07) is 11.9. The average molecular weight is 524 g/mol. The molecule has 0 unspecified atom stereocenters. The van der Waals surface area contributed by atoms with Gasteiger partial charge in [-0.15, -0.1) is 0 Å². The zero-order valence-electron chi connectivity index (χ0n) is 20.2. The summed E-state index contributed by atoms with van der Waals surface area (Å²) in [6.07, 6.45) is 7.73. The normalized spacial score (nSPS) is 18.0. The van der Waals surface area contributed by atoms with Crippen molar-refractivity contribution >= 4 is 38.5 Å². The van der Waals surface area contributed by atoms with Crippen LogP contribution in [0, 0.1) is 17.7 Å². The van der Waals surface area contributed by atoms with Crippen LogP contribution in [-0.4, -0.2) is 40.4 Å². The summed E-state index contributed by atoms with van der Waals surface area (Å²) in [5.41, 5.74) is 1.37. The quantitative estimate of drug-likeness (QED) is 0.278. The van der Waals surface area contributed by atoms with Gasteiger partial charge >= 0.3 is 5.97 Å². The number of esters is 1. The van der Waals surface area contributed by atoms with Crippen LogP contribution in [0.25, 0.3) is 11.0 Å². The van der Waals surface area contributed by atoms with Crippen molar-refractivity contribution in [3.63, 3.8) is 0 Å². The van der Waals surface area contributed by atoms with E-state index in [0.29, 0.717) is 35.5 Å². The highest BCUT2D eigenvalue weighted by molar-refractivity contribution is 7.90. The number of hydrogen-bond donors (Lipinski definition) is 1. The number of rotatable bonds is 7. The number of carbonyl (C=O) groups is 1. The Kier molecular flexibility index (Phi) is 6.88. The van der Waals surface area contributed by atoms with E-state index in [1.807, 2.05) is 4.68 Å². The van der Waals surface area contributed by atoms with Crippen LogP contribution in [0.2, 0.25) is 0 Å². The zero-order chi connectivity index (χ0) is 26.0. The van der Waals surface area contributed by atoms with Crippen LogP contribution in [0.3, 0.4) is 0 Å². The third kappa shape index (κ3) is 5.93. The number of hydrogen-bond acceptors (Lipinski definition) is 8. The molecule has 0 bridgehead atoms. The molecule has 0 radical (unpaired) electrons. The number of aromatic nitrogens is 4. The molecule has 0 aliphatic heterocycles. The lowest BCUT2D eigenvalue weighted by Gasteiger charge is -2.27. The molecular formula is C26H26FN5O4S. The summed E-state index contributed by atoms with van der Waals surface area (Å²) in [4.78, 5) is 21.7. The number of carbonyl (C=O) groups excluding carboxylic acids is 1. The first-order valence-corrected chi connectivity index (χ1v) is 13.9. The third-order valence-corrected chi connectivity index (χ3v) is 7.69. The molecule has 5 rings (SSSR count). The van der Waals surface area contributed by atoms with Crippen molar-refractivity contribution in [3.8, 4) is 5.75 Å². The minimum Gasteiger partial charge on any atom is -0.426 e. The van der Waals surface area contributed by atoms with Gasteiger partial charge in [-0.3, -0.25) is 4.79 Å². The minimum atomic E-state index is -3.27. The second-order valence-corrected chi connectivity index (χ2v) is 11.3. The molecule has 2 aromatic heterocycles. The zero-order valence-corrected chi connectivity index (χ0v) is 21.0. The number of benzene rings is 2. The van der Waals surface area contributed by atoms with Crippen LogP contribution < -0.4 is 10.1 Å². The number of ether oxygens (including phenoxy) is 1. The fourth-order valence-corrected chi connectivity index (χ4v) is 5.13. The lowest BCUT2D eigenvalue weighted by Crippen LogP contribution is -2.27. The predicted molar refractivity (Wildman–Crippen MR) is 136 cm³/mol. The second-order valence-electron chi connectivity index (χ2n) is 9.31. The lowest BCUT2D eigenvalue weighted by atomic mass is 9.82. The third-order valence-electron chi connectivity index (χ3n) is 6.56. The minimum absolute atomic E-state index is 0.178. The van der Waals surface area contributed by atoms with Gasteiger partial charge in [0.2, 0.25) is 5.95 Å². The summed E-state index contributed by atoms with van der Waals surface area (Å²) in [5.74, 6) is 0.252. The van der Waals surface area contributed by atoms with Crippen LogP contribution in [0.1, 0.15) is 25.7 Å². The van der Waals surface area contributed by atoms with Crippen LogP contribution in [0.5, 0.6) is 5.75 Å². The van der Waals surface area contributed by atoms with Crippen molar-refractivity contribution in [2.45, 2.75) is 37.1 Å². The van der Waals surface area contributed by atoms with Crippen molar-refractivity contribution in [2.75, 3.05) is 11.6 Å². The van der Waals surface area contributed by atoms with E-state index in [-0.39, 0.29) is 22.6 Å². The van der Waals surface area contributed by atoms with E-state index in [4.69, 9.17) is 4.74 Å². The molecule has 37 heavy (non-hydrogen) atoms. The smallest absolute Gasteiger partial charge is 0.314 e. The van der Waals surface area contributed by atoms with Crippen molar-refractivity contribution in [1.82, 2.24) is 19.7 Å². The monoisotopic (exact) mass is 523 g/mol. The van der Waals surface area contributed by atoms with Gasteiger partial charge in [0.05, 0.1) is 22.4 Å². The maximum absolute atomic E-state index is 13.1. The number of halogens is 1. The molecule has 11 heteroatoms. The first kappa shape index (κ1) is 24.8. The molecular weight excluding hydrogens is 497 g/mol. The van der Waals surface area contributed by atoms with Gasteiger partial charge in [0.15, 0.2) is 15.5 Å². The number of sulfone groups is 1. The van der Waals surface area contributed by atoms with Crippen molar-refractivity contribution in [2.24, 2.45) is 11.8 Å². The van der Waals surface area contributed by atoms with Gasteiger partial charge in [0.1, 0.15) is 11.6 Å². The standard InChI is InChI=1S/C26H26FN5O4S/c1-37(34,35)23-12-8-21(9-13-23)30-26-28-14-19-15-29-32(24(19)31-26)16-17-2-4-18(5-3-17)25(33)36-22-10-6-20(27)7-11-22/h6-15,17-18H,2-5,16H2,1H3,(H,28,30,31). The fraction of sp³-hybridized carbons (Fsp3) is 0.308. The van der Waals surface area contributed by atoms with E-state index in [9.17, 15) is 17.6 Å². The summed E-state index contributed by atoms with van der Waals surface area (Å²) < 4.78 is 43.7. The Hall–Kier alpha value is -3.86. The molecule has 2 heterocycles. The second kappa shape index (κ2) is 10.3. The molecule has 4 aromatic rings. The lowest BCUT2D eigenvalue weighted by molar-refractivity contribution is -0.140. The van der Waals surface area contributed by atoms with Crippen molar-refractivity contribution in [1.29, 1.82) is 0 Å². The SMILES string of the molecule is CS(=O)(=O)c1ccc(Nc2ncc3cnn(CC4CCC(C(=O)Oc5ccc(F)cc5)CC4)c3n2)cc1. The summed E-state index contributed by atoms with van der Waals surface area (Å²) in [7, 11) is -3.27. The Bertz CT molecular complexity index is 1510. The molecule has 1 N–H and O–H groups in total. The van der Waals surface area contributed by atoms with E-state index in [2.05, 4.69) is 20.4 Å². The molecule has 0 amide bonds. The number of anilines is 2. The maximum Gasteiger partial charge on any atom is 0.314 e. The van der Waals surface area contributed by atoms with Gasteiger partial charge in [-0.05, 0) is 80.1 Å². The summed E-state index contributed by atoms with van der Waals surface area (Å²) >= 11 is 0. The Balaban J connectivity index is 1.20. The van der Waals surface area contributed by atoms with Gasteiger partial charge in [-0.25, -0.2) is 22.5 Å². The van der Waals surface area contributed by atoms with E-state index in [0.717, 1.165) is 31.1 Å². The average Bonchev–Trinajstić information content (AvgIpc) is 3.27.